The van der Waals surface area contributed by atoms with Crippen LogP contribution in [0.3, 0.4) is 0 Å². The van der Waals surface area contributed by atoms with Gasteiger partial charge in [0.2, 0.25) is 0 Å². The first-order valence-electron chi connectivity index (χ1n) is 8.90. The third kappa shape index (κ3) is 3.88. The lowest BCUT2D eigenvalue weighted by molar-refractivity contribution is 0.0856. The van der Waals surface area contributed by atoms with Gasteiger partial charge in [-0.15, -0.1) is 0 Å². The van der Waals surface area contributed by atoms with Gasteiger partial charge in [0, 0.05) is 18.2 Å². The van der Waals surface area contributed by atoms with E-state index in [1.165, 1.54) is 0 Å². The van der Waals surface area contributed by atoms with Crippen molar-refractivity contribution < 1.29 is 9.53 Å². The number of hydrogen-bond acceptors (Lipinski definition) is 3. The van der Waals surface area contributed by atoms with Crippen molar-refractivity contribution in [3.63, 3.8) is 0 Å². The number of carbonyl (C=O) groups is 1. The van der Waals surface area contributed by atoms with E-state index in [4.69, 9.17) is 16.3 Å². The molecular formula is C19H24ClN3O2. The summed E-state index contributed by atoms with van der Waals surface area (Å²) in [7, 11) is 0. The van der Waals surface area contributed by atoms with Crippen molar-refractivity contribution in [1.29, 1.82) is 0 Å². The second-order valence-corrected chi connectivity index (χ2v) is 6.65. The molecule has 1 saturated heterocycles. The third-order valence-electron chi connectivity index (χ3n) is 4.52. The maximum atomic E-state index is 12.8. The van der Waals surface area contributed by atoms with Gasteiger partial charge in [-0.2, -0.15) is 5.10 Å². The molecule has 0 spiro atoms. The van der Waals surface area contributed by atoms with E-state index in [1.54, 1.807) is 0 Å². The normalized spacial score (nSPS) is 17.0. The molecule has 1 aliphatic rings. The van der Waals surface area contributed by atoms with E-state index in [0.717, 1.165) is 36.5 Å². The number of nitrogens with one attached hydrogen (secondary N) is 1. The molecule has 0 bridgehead atoms. The van der Waals surface area contributed by atoms with Crippen LogP contribution in [-0.2, 0) is 17.6 Å². The van der Waals surface area contributed by atoms with Gasteiger partial charge in [-0.05, 0) is 43.9 Å². The number of aromatic nitrogens is 2. The van der Waals surface area contributed by atoms with Crippen molar-refractivity contribution >= 4 is 17.5 Å². The zero-order valence-electron chi connectivity index (χ0n) is 14.7. The van der Waals surface area contributed by atoms with Crippen LogP contribution < -0.4 is 5.32 Å². The largest absolute Gasteiger partial charge is 0.376 e. The molecule has 0 saturated carbocycles. The van der Waals surface area contributed by atoms with Crippen LogP contribution in [0.2, 0.25) is 5.02 Å². The first kappa shape index (κ1) is 18.0. The third-order valence-corrected chi connectivity index (χ3v) is 4.75. The summed E-state index contributed by atoms with van der Waals surface area (Å²) >= 11 is 6.12. The molecule has 0 unspecified atom stereocenters. The molecule has 1 amide bonds. The summed E-state index contributed by atoms with van der Waals surface area (Å²) in [6.45, 7) is 5.39. The summed E-state index contributed by atoms with van der Waals surface area (Å²) < 4.78 is 7.43. The monoisotopic (exact) mass is 361 g/mol. The number of amides is 1. The Kier molecular flexibility index (Phi) is 5.76. The fourth-order valence-corrected chi connectivity index (χ4v) is 3.45. The van der Waals surface area contributed by atoms with Crippen molar-refractivity contribution in [3.8, 4) is 5.69 Å². The minimum absolute atomic E-state index is 0.0718. The maximum absolute atomic E-state index is 12.8. The van der Waals surface area contributed by atoms with E-state index >= 15 is 0 Å². The number of carbonyl (C=O) groups excluding carboxylic acids is 1. The number of aryl methyl sites for hydroxylation is 1. The molecule has 1 N–H and O–H groups in total. The van der Waals surface area contributed by atoms with Crippen LogP contribution in [0.1, 0.15) is 48.4 Å². The second-order valence-electron chi connectivity index (χ2n) is 6.21. The molecular weight excluding hydrogens is 338 g/mol. The molecule has 25 heavy (non-hydrogen) atoms. The van der Waals surface area contributed by atoms with Gasteiger partial charge in [-0.1, -0.05) is 31.5 Å². The van der Waals surface area contributed by atoms with Crippen molar-refractivity contribution in [2.45, 2.75) is 45.6 Å². The zero-order chi connectivity index (χ0) is 17.8. The van der Waals surface area contributed by atoms with Crippen molar-refractivity contribution in [3.05, 3.63) is 46.2 Å². The van der Waals surface area contributed by atoms with Crippen LogP contribution in [0.15, 0.2) is 24.3 Å². The van der Waals surface area contributed by atoms with Crippen molar-refractivity contribution in [2.24, 2.45) is 0 Å². The zero-order valence-corrected chi connectivity index (χ0v) is 15.5. The highest BCUT2D eigenvalue weighted by Crippen LogP contribution is 2.22. The van der Waals surface area contributed by atoms with E-state index in [-0.39, 0.29) is 12.0 Å². The van der Waals surface area contributed by atoms with Gasteiger partial charge in [0.15, 0.2) is 0 Å². The highest BCUT2D eigenvalue weighted by atomic mass is 35.5. The van der Waals surface area contributed by atoms with Gasteiger partial charge in [-0.25, -0.2) is 4.68 Å². The Bertz CT molecular complexity index is 751. The Hall–Kier alpha value is -1.85. The van der Waals surface area contributed by atoms with E-state index < -0.39 is 0 Å². The summed E-state index contributed by atoms with van der Waals surface area (Å²) in [6.07, 6.45) is 3.60. The van der Waals surface area contributed by atoms with Gasteiger partial charge in [0.25, 0.3) is 5.91 Å². The minimum atomic E-state index is -0.0718. The average molecular weight is 362 g/mol. The smallest absolute Gasteiger partial charge is 0.255 e. The van der Waals surface area contributed by atoms with Crippen LogP contribution in [-0.4, -0.2) is 34.9 Å². The molecule has 1 fully saturated rings. The number of nitrogens with zero attached hydrogens (tertiary/aromatic N) is 2. The summed E-state index contributed by atoms with van der Waals surface area (Å²) in [5.74, 6) is -0.0718. The lowest BCUT2D eigenvalue weighted by Crippen LogP contribution is -2.32. The predicted molar refractivity (Wildman–Crippen MR) is 98.6 cm³/mol. The first-order valence-corrected chi connectivity index (χ1v) is 9.28. The Morgan fingerprint density at radius 2 is 2.24 bits per heavy atom. The van der Waals surface area contributed by atoms with E-state index in [9.17, 15) is 4.79 Å². The Morgan fingerprint density at radius 1 is 1.40 bits per heavy atom. The number of hydrogen-bond donors (Lipinski definition) is 1. The quantitative estimate of drug-likeness (QED) is 0.855. The van der Waals surface area contributed by atoms with Gasteiger partial charge >= 0.3 is 0 Å². The predicted octanol–water partition coefficient (Wildman–Crippen LogP) is 3.56. The SMILES string of the molecule is CCc1nn(-c2cccc(Cl)c2)c(CC)c1C(=O)NC[C@@H]1CCCO1. The molecule has 2 heterocycles. The average Bonchev–Trinajstić information content (AvgIpc) is 3.26. The number of rotatable bonds is 6. The van der Waals surface area contributed by atoms with Gasteiger partial charge in [-0.3, -0.25) is 4.79 Å². The van der Waals surface area contributed by atoms with Crippen LogP contribution >= 0.6 is 11.6 Å². The first-order chi connectivity index (χ1) is 12.1. The van der Waals surface area contributed by atoms with Crippen molar-refractivity contribution in [2.75, 3.05) is 13.2 Å². The van der Waals surface area contributed by atoms with Gasteiger partial charge < -0.3 is 10.1 Å². The maximum Gasteiger partial charge on any atom is 0.255 e. The summed E-state index contributed by atoms with van der Waals surface area (Å²) in [5.41, 5.74) is 3.27. The molecule has 1 aromatic heterocycles. The summed E-state index contributed by atoms with van der Waals surface area (Å²) in [4.78, 5) is 12.8. The van der Waals surface area contributed by atoms with Crippen LogP contribution in [0.5, 0.6) is 0 Å². The molecule has 3 rings (SSSR count). The highest BCUT2D eigenvalue weighted by Gasteiger charge is 2.24. The van der Waals surface area contributed by atoms with E-state index in [2.05, 4.69) is 10.4 Å². The standard InChI is InChI=1S/C19H24ClN3O2/c1-3-16-18(19(24)21-12-15-9-6-10-25-15)17(4-2)23(22-16)14-8-5-7-13(20)11-14/h5,7-8,11,15H,3-4,6,9-10,12H2,1-2H3,(H,21,24)/t15-/m0/s1. The number of ether oxygens (including phenoxy) is 1. The molecule has 1 atom stereocenters. The van der Waals surface area contributed by atoms with E-state index in [1.807, 2.05) is 42.8 Å². The fraction of sp³-hybridized carbons (Fsp3) is 0.474. The summed E-state index contributed by atoms with van der Waals surface area (Å²) in [6, 6.07) is 7.53. The molecule has 6 heteroatoms. The topological polar surface area (TPSA) is 56.2 Å². The summed E-state index contributed by atoms with van der Waals surface area (Å²) in [5, 5.41) is 8.35. The number of halogens is 1. The minimum Gasteiger partial charge on any atom is -0.376 e. The Morgan fingerprint density at radius 3 is 2.88 bits per heavy atom. The lowest BCUT2D eigenvalue weighted by Gasteiger charge is -2.12. The van der Waals surface area contributed by atoms with Gasteiger partial charge in [0.05, 0.1) is 28.7 Å². The second kappa shape index (κ2) is 8.02. The number of benzene rings is 1. The molecule has 5 nitrogen and oxygen atoms in total. The molecule has 2 aromatic rings. The van der Waals surface area contributed by atoms with Crippen molar-refractivity contribution in [1.82, 2.24) is 15.1 Å². The molecule has 0 aliphatic carbocycles. The molecule has 1 aromatic carbocycles. The fourth-order valence-electron chi connectivity index (χ4n) is 3.26. The molecule has 1 aliphatic heterocycles. The van der Waals surface area contributed by atoms with Crippen LogP contribution in [0.4, 0.5) is 0 Å². The lowest BCUT2D eigenvalue weighted by atomic mass is 10.1. The Labute approximate surface area is 153 Å². The van der Waals surface area contributed by atoms with Crippen LogP contribution in [0, 0.1) is 0 Å². The van der Waals surface area contributed by atoms with Gasteiger partial charge in [0.1, 0.15) is 0 Å². The van der Waals surface area contributed by atoms with E-state index in [0.29, 0.717) is 30.0 Å². The molecule has 134 valence electrons. The Balaban J connectivity index is 1.90. The van der Waals surface area contributed by atoms with Crippen LogP contribution in [0.25, 0.3) is 5.69 Å². The molecule has 0 radical (unpaired) electrons. The highest BCUT2D eigenvalue weighted by molar-refractivity contribution is 6.30.